The van der Waals surface area contributed by atoms with Gasteiger partial charge in [0, 0.05) is 12.7 Å². The summed E-state index contributed by atoms with van der Waals surface area (Å²) < 4.78 is 17.3. The highest BCUT2D eigenvalue weighted by atomic mass is 16.6. The fraction of sp³-hybridized carbons (Fsp3) is 0.457. The van der Waals surface area contributed by atoms with Crippen molar-refractivity contribution in [3.8, 4) is 5.75 Å². The molecule has 1 heterocycles. The lowest BCUT2D eigenvalue weighted by atomic mass is 9.95. The molecule has 1 unspecified atom stereocenters. The number of methoxy groups -OCH3 is 1. The molecule has 1 aromatic heterocycles. The molecule has 0 spiro atoms. The van der Waals surface area contributed by atoms with Crippen LogP contribution in [0.25, 0.3) is 0 Å². The molecule has 3 aromatic rings. The molecule has 0 radical (unpaired) electrons. The lowest BCUT2D eigenvalue weighted by Gasteiger charge is -2.28. The molecule has 47 heavy (non-hydrogen) atoms. The average molecular weight is 650 g/mol. The highest BCUT2D eigenvalue weighted by molar-refractivity contribution is 5.99. The van der Waals surface area contributed by atoms with Crippen LogP contribution in [0.3, 0.4) is 0 Å². The summed E-state index contributed by atoms with van der Waals surface area (Å²) in [5.41, 5.74) is 1.02. The monoisotopic (exact) mass is 649 g/mol. The number of ether oxygens (including phenoxy) is 3. The lowest BCUT2D eigenvalue weighted by molar-refractivity contribution is -0.145. The smallest absolute Gasteiger partial charge is 0.408 e. The minimum atomic E-state index is -1.34. The molecular formula is C35H47N5O7. The fourth-order valence-corrected chi connectivity index (χ4v) is 4.86. The first-order chi connectivity index (χ1) is 22.4. The number of esters is 1. The fourth-order valence-electron chi connectivity index (χ4n) is 4.86. The van der Waals surface area contributed by atoms with Crippen LogP contribution in [0.5, 0.6) is 5.75 Å². The number of hydrogen-bond acceptors (Lipinski definition) is 8. The molecule has 2 aromatic carbocycles. The minimum absolute atomic E-state index is 0.266. The Morgan fingerprint density at radius 1 is 0.979 bits per heavy atom. The Kier molecular flexibility index (Phi) is 13.8. The summed E-state index contributed by atoms with van der Waals surface area (Å²) in [6.45, 7) is 8.92. The standard InChI is InChI=1S/C35H47N5O7/c1-7-46-32(42)29(26-16-18-28(45-6)19-17-26)20-21-40-23-27(22-36-40)37-31(41)30(15-11-14-25-12-9-8-10-13-25)38-33(43)35(4,5)39-34(44)47-24(2)3/h8-10,12-13,16-19,22-24,29-30H,7,11,14-15,20-21H2,1-6H3,(H,37,41)(H,38,43)(H,39,44)/t29?,30-/m1/s1. The van der Waals surface area contributed by atoms with Crippen LogP contribution in [0.4, 0.5) is 10.5 Å². The Morgan fingerprint density at radius 3 is 2.32 bits per heavy atom. The Balaban J connectivity index is 1.68. The van der Waals surface area contributed by atoms with Crippen LogP contribution in [0, 0.1) is 0 Å². The molecule has 3 rings (SSSR count). The van der Waals surface area contributed by atoms with Crippen molar-refractivity contribution >= 4 is 29.6 Å². The van der Waals surface area contributed by atoms with Gasteiger partial charge in [-0.1, -0.05) is 42.5 Å². The molecule has 0 saturated heterocycles. The van der Waals surface area contributed by atoms with E-state index < -0.39 is 35.4 Å². The third-order valence-electron chi connectivity index (χ3n) is 7.38. The Hall–Kier alpha value is -4.87. The van der Waals surface area contributed by atoms with Crippen LogP contribution in [-0.2, 0) is 36.8 Å². The van der Waals surface area contributed by atoms with Crippen LogP contribution in [0.1, 0.15) is 70.9 Å². The number of carbonyl (C=O) groups is 4. The molecule has 3 amide bonds. The highest BCUT2D eigenvalue weighted by Crippen LogP contribution is 2.25. The van der Waals surface area contributed by atoms with Gasteiger partial charge in [0.2, 0.25) is 11.8 Å². The van der Waals surface area contributed by atoms with Gasteiger partial charge >= 0.3 is 12.1 Å². The minimum Gasteiger partial charge on any atom is -0.497 e. The van der Waals surface area contributed by atoms with E-state index in [4.69, 9.17) is 14.2 Å². The number of nitrogens with one attached hydrogen (secondary N) is 3. The molecule has 0 saturated carbocycles. The van der Waals surface area contributed by atoms with Gasteiger partial charge in [0.15, 0.2) is 0 Å². The lowest BCUT2D eigenvalue weighted by Crippen LogP contribution is -2.58. The van der Waals surface area contributed by atoms with Crippen LogP contribution >= 0.6 is 0 Å². The Labute approximate surface area is 276 Å². The van der Waals surface area contributed by atoms with Gasteiger partial charge in [0.25, 0.3) is 0 Å². The van der Waals surface area contributed by atoms with Gasteiger partial charge in [-0.2, -0.15) is 5.10 Å². The molecule has 12 heteroatoms. The quantitative estimate of drug-likeness (QED) is 0.173. The molecule has 0 bridgehead atoms. The molecule has 0 fully saturated rings. The van der Waals surface area contributed by atoms with Crippen LogP contribution in [0.2, 0.25) is 0 Å². The number of anilines is 1. The van der Waals surface area contributed by atoms with Gasteiger partial charge < -0.3 is 30.2 Å². The van der Waals surface area contributed by atoms with E-state index in [1.54, 1.807) is 64.7 Å². The molecule has 254 valence electrons. The third kappa shape index (κ3) is 11.8. The maximum absolute atomic E-state index is 13.5. The second-order valence-electron chi connectivity index (χ2n) is 12.0. The summed E-state index contributed by atoms with van der Waals surface area (Å²) >= 11 is 0. The first kappa shape index (κ1) is 36.6. The Morgan fingerprint density at radius 2 is 1.68 bits per heavy atom. The number of alkyl carbamates (subject to hydrolysis) is 1. The van der Waals surface area contributed by atoms with Gasteiger partial charge in [-0.3, -0.25) is 19.1 Å². The number of rotatable bonds is 17. The zero-order valence-corrected chi connectivity index (χ0v) is 28.1. The van der Waals surface area contributed by atoms with Crippen molar-refractivity contribution in [2.45, 2.75) is 90.4 Å². The van der Waals surface area contributed by atoms with Crippen LogP contribution in [0.15, 0.2) is 67.0 Å². The number of nitrogens with zero attached hydrogens (tertiary/aromatic N) is 2. The van der Waals surface area contributed by atoms with E-state index in [9.17, 15) is 19.2 Å². The second kappa shape index (κ2) is 17.7. The van der Waals surface area contributed by atoms with Crippen molar-refractivity contribution in [1.29, 1.82) is 0 Å². The maximum Gasteiger partial charge on any atom is 0.408 e. The molecule has 0 aliphatic carbocycles. The first-order valence-corrected chi connectivity index (χ1v) is 15.9. The number of amides is 3. The van der Waals surface area contributed by atoms with Gasteiger partial charge in [0.05, 0.1) is 37.6 Å². The average Bonchev–Trinajstić information content (AvgIpc) is 3.47. The van der Waals surface area contributed by atoms with Crippen molar-refractivity contribution in [1.82, 2.24) is 20.4 Å². The van der Waals surface area contributed by atoms with E-state index in [0.29, 0.717) is 37.2 Å². The molecule has 0 aliphatic rings. The summed E-state index contributed by atoms with van der Waals surface area (Å²) in [7, 11) is 1.58. The molecule has 0 aliphatic heterocycles. The molecule has 3 N–H and O–H groups in total. The van der Waals surface area contributed by atoms with Crippen LogP contribution < -0.4 is 20.7 Å². The van der Waals surface area contributed by atoms with Crippen molar-refractivity contribution < 1.29 is 33.4 Å². The van der Waals surface area contributed by atoms with Gasteiger partial charge in [-0.25, -0.2) is 4.79 Å². The molecule has 2 atom stereocenters. The van der Waals surface area contributed by atoms with Crippen molar-refractivity contribution in [2.75, 3.05) is 19.0 Å². The predicted octanol–water partition coefficient (Wildman–Crippen LogP) is 4.99. The number of aryl methyl sites for hydroxylation is 2. The van der Waals surface area contributed by atoms with Crippen molar-refractivity contribution in [3.63, 3.8) is 0 Å². The topological polar surface area (TPSA) is 150 Å². The Bertz CT molecular complexity index is 1450. The van der Waals surface area contributed by atoms with E-state index >= 15 is 0 Å². The van der Waals surface area contributed by atoms with E-state index in [1.807, 2.05) is 42.5 Å². The normalized spacial score (nSPS) is 12.5. The third-order valence-corrected chi connectivity index (χ3v) is 7.38. The summed E-state index contributed by atoms with van der Waals surface area (Å²) in [5, 5.41) is 12.6. The van der Waals surface area contributed by atoms with E-state index in [-0.39, 0.29) is 18.7 Å². The van der Waals surface area contributed by atoms with Gasteiger partial charge in [0.1, 0.15) is 17.3 Å². The van der Waals surface area contributed by atoms with Gasteiger partial charge in [-0.15, -0.1) is 0 Å². The molecule has 12 nitrogen and oxygen atoms in total. The SMILES string of the molecule is CCOC(=O)C(CCn1cc(NC(=O)[C@@H](CCCc2ccccc2)NC(=O)C(C)(C)NC(=O)OC(C)C)cn1)c1ccc(OC)cc1. The number of carbonyl (C=O) groups excluding carboxylic acids is 4. The predicted molar refractivity (Wildman–Crippen MR) is 178 cm³/mol. The number of hydrogen-bond donors (Lipinski definition) is 3. The van der Waals surface area contributed by atoms with Crippen LogP contribution in [-0.4, -0.2) is 65.1 Å². The highest BCUT2D eigenvalue weighted by Gasteiger charge is 2.33. The van der Waals surface area contributed by atoms with E-state index in [0.717, 1.165) is 17.5 Å². The van der Waals surface area contributed by atoms with Crippen molar-refractivity contribution in [2.24, 2.45) is 0 Å². The van der Waals surface area contributed by atoms with Crippen molar-refractivity contribution in [3.05, 3.63) is 78.1 Å². The maximum atomic E-state index is 13.5. The number of aromatic nitrogens is 2. The summed E-state index contributed by atoms with van der Waals surface area (Å²) in [6, 6.07) is 16.3. The molecular weight excluding hydrogens is 602 g/mol. The van der Waals surface area contributed by atoms with E-state index in [2.05, 4.69) is 21.0 Å². The van der Waals surface area contributed by atoms with Gasteiger partial charge in [-0.05, 0) is 83.6 Å². The second-order valence-corrected chi connectivity index (χ2v) is 12.0. The summed E-state index contributed by atoms with van der Waals surface area (Å²) in [5.74, 6) is -1.11. The summed E-state index contributed by atoms with van der Waals surface area (Å²) in [4.78, 5) is 51.8. The number of benzene rings is 2. The zero-order valence-electron chi connectivity index (χ0n) is 28.1. The zero-order chi connectivity index (χ0) is 34.4. The van der Waals surface area contributed by atoms with E-state index in [1.165, 1.54) is 6.20 Å². The first-order valence-electron chi connectivity index (χ1n) is 15.9. The summed E-state index contributed by atoms with van der Waals surface area (Å²) in [6.07, 6.45) is 4.23. The largest absolute Gasteiger partial charge is 0.497 e.